The lowest BCUT2D eigenvalue weighted by Crippen LogP contribution is -2.39. The first kappa shape index (κ1) is 26.0. The van der Waals surface area contributed by atoms with Crippen molar-refractivity contribution in [3.63, 3.8) is 0 Å². The Hall–Kier alpha value is -3.67. The standard InChI is InChI=1S/C26H28ClN7O3S/c1-4-28-25-20-14-34(38(3,35)36)13-19(17-8-6-5-7-9-17)24(20)31-26(32-25)30-18-10-11-21(22(12-18)37-2)33-15-23(27)29-16-33/h5-12,15-16,19H,4,13-14H2,1-3H3,(H2,28,30,31,32). The fourth-order valence-electron chi connectivity index (χ4n) is 4.58. The number of imidazole rings is 1. The summed E-state index contributed by atoms with van der Waals surface area (Å²) in [4.78, 5) is 13.7. The van der Waals surface area contributed by atoms with Crippen molar-refractivity contribution in [2.45, 2.75) is 19.4 Å². The number of ether oxygens (including phenoxy) is 1. The Balaban J connectivity index is 1.56. The van der Waals surface area contributed by atoms with Crippen LogP contribution in [0, 0.1) is 0 Å². The summed E-state index contributed by atoms with van der Waals surface area (Å²) in [6, 6.07) is 15.4. The van der Waals surface area contributed by atoms with Crippen LogP contribution in [0.15, 0.2) is 61.1 Å². The molecule has 0 bridgehead atoms. The van der Waals surface area contributed by atoms with Crippen LogP contribution in [0.5, 0.6) is 5.75 Å². The highest BCUT2D eigenvalue weighted by molar-refractivity contribution is 7.88. The molecule has 5 rings (SSSR count). The quantitative estimate of drug-likeness (QED) is 0.330. The summed E-state index contributed by atoms with van der Waals surface area (Å²) < 4.78 is 34.0. The van der Waals surface area contributed by atoms with E-state index in [4.69, 9.17) is 26.3 Å². The van der Waals surface area contributed by atoms with Gasteiger partial charge in [0.2, 0.25) is 16.0 Å². The first-order valence-corrected chi connectivity index (χ1v) is 14.3. The van der Waals surface area contributed by atoms with Crippen LogP contribution in [0.2, 0.25) is 5.15 Å². The molecule has 0 aliphatic carbocycles. The van der Waals surface area contributed by atoms with Gasteiger partial charge in [-0.05, 0) is 24.6 Å². The lowest BCUT2D eigenvalue weighted by Gasteiger charge is -2.33. The third-order valence-electron chi connectivity index (χ3n) is 6.37. The Morgan fingerprint density at radius 3 is 2.61 bits per heavy atom. The highest BCUT2D eigenvalue weighted by atomic mass is 35.5. The van der Waals surface area contributed by atoms with Gasteiger partial charge in [0.05, 0.1) is 24.7 Å². The van der Waals surface area contributed by atoms with Crippen molar-refractivity contribution in [1.29, 1.82) is 0 Å². The number of aromatic nitrogens is 4. The van der Waals surface area contributed by atoms with Crippen molar-refractivity contribution >= 4 is 39.1 Å². The molecule has 1 aliphatic heterocycles. The number of sulfonamides is 1. The number of hydrogen-bond acceptors (Lipinski definition) is 8. The van der Waals surface area contributed by atoms with E-state index in [0.717, 1.165) is 28.2 Å². The van der Waals surface area contributed by atoms with Gasteiger partial charge in [-0.25, -0.2) is 18.4 Å². The van der Waals surface area contributed by atoms with Crippen LogP contribution in [0.3, 0.4) is 0 Å². The average molecular weight is 554 g/mol. The lowest BCUT2D eigenvalue weighted by atomic mass is 9.89. The molecule has 2 aromatic carbocycles. The molecule has 0 radical (unpaired) electrons. The minimum absolute atomic E-state index is 0.204. The zero-order chi connectivity index (χ0) is 26.9. The van der Waals surface area contributed by atoms with Crippen LogP contribution in [0.25, 0.3) is 5.69 Å². The second-order valence-electron chi connectivity index (χ2n) is 8.92. The Bertz CT molecular complexity index is 1560. The number of hydrogen-bond donors (Lipinski definition) is 2. The van der Waals surface area contributed by atoms with Crippen LogP contribution in [-0.4, -0.2) is 58.7 Å². The fourth-order valence-corrected chi connectivity index (χ4v) is 5.51. The van der Waals surface area contributed by atoms with Gasteiger partial charge in [0.25, 0.3) is 0 Å². The summed E-state index contributed by atoms with van der Waals surface area (Å²) in [5.74, 6) is 1.36. The number of halogens is 1. The van der Waals surface area contributed by atoms with Gasteiger partial charge in [0, 0.05) is 49.1 Å². The van der Waals surface area contributed by atoms with Gasteiger partial charge in [0.15, 0.2) is 0 Å². The molecule has 10 nitrogen and oxygen atoms in total. The smallest absolute Gasteiger partial charge is 0.229 e. The Morgan fingerprint density at radius 2 is 1.95 bits per heavy atom. The summed E-state index contributed by atoms with van der Waals surface area (Å²) in [7, 11) is -1.83. The van der Waals surface area contributed by atoms with E-state index in [-0.39, 0.29) is 12.5 Å². The normalized spacial score (nSPS) is 15.6. The predicted octanol–water partition coefficient (Wildman–Crippen LogP) is 4.41. The van der Waals surface area contributed by atoms with E-state index in [1.807, 2.05) is 55.5 Å². The molecule has 3 heterocycles. The fraction of sp³-hybridized carbons (Fsp3) is 0.269. The molecule has 198 valence electrons. The molecule has 12 heteroatoms. The summed E-state index contributed by atoms with van der Waals surface area (Å²) >= 11 is 5.99. The Labute approximate surface area is 226 Å². The largest absolute Gasteiger partial charge is 0.494 e. The number of rotatable bonds is 8. The molecule has 4 aromatic rings. The number of benzene rings is 2. The maximum atomic E-state index is 12.6. The molecule has 2 aromatic heterocycles. The van der Waals surface area contributed by atoms with E-state index in [1.54, 1.807) is 24.2 Å². The number of methoxy groups -OCH3 is 1. The minimum Gasteiger partial charge on any atom is -0.494 e. The van der Waals surface area contributed by atoms with Gasteiger partial charge in [0.1, 0.15) is 23.0 Å². The molecule has 1 atom stereocenters. The molecule has 1 unspecified atom stereocenters. The van der Waals surface area contributed by atoms with Crippen molar-refractivity contribution < 1.29 is 13.2 Å². The predicted molar refractivity (Wildman–Crippen MR) is 148 cm³/mol. The van der Waals surface area contributed by atoms with Gasteiger partial charge in [-0.2, -0.15) is 9.29 Å². The Morgan fingerprint density at radius 1 is 1.16 bits per heavy atom. The van der Waals surface area contributed by atoms with Crippen molar-refractivity contribution in [2.75, 3.05) is 37.1 Å². The molecule has 2 N–H and O–H groups in total. The number of nitrogens with zero attached hydrogens (tertiary/aromatic N) is 5. The summed E-state index contributed by atoms with van der Waals surface area (Å²) in [6.45, 7) is 3.09. The molecule has 1 aliphatic rings. The van der Waals surface area contributed by atoms with Crippen LogP contribution in [0.1, 0.15) is 29.7 Å². The molecular formula is C26H28ClN7O3S. The van der Waals surface area contributed by atoms with E-state index in [0.29, 0.717) is 35.8 Å². The van der Waals surface area contributed by atoms with Crippen LogP contribution in [0.4, 0.5) is 17.5 Å². The van der Waals surface area contributed by atoms with E-state index in [9.17, 15) is 8.42 Å². The number of fused-ring (bicyclic) bond motifs is 1. The third-order valence-corrected chi connectivity index (χ3v) is 7.78. The van der Waals surface area contributed by atoms with Crippen LogP contribution in [-0.2, 0) is 16.6 Å². The monoisotopic (exact) mass is 553 g/mol. The van der Waals surface area contributed by atoms with Crippen LogP contribution < -0.4 is 15.4 Å². The van der Waals surface area contributed by atoms with Gasteiger partial charge in [-0.15, -0.1) is 0 Å². The summed E-state index contributed by atoms with van der Waals surface area (Å²) in [5, 5.41) is 6.99. The maximum absolute atomic E-state index is 12.6. The summed E-state index contributed by atoms with van der Waals surface area (Å²) in [5.41, 5.74) is 4.06. The second kappa shape index (κ2) is 10.6. The highest BCUT2D eigenvalue weighted by Gasteiger charge is 2.34. The van der Waals surface area contributed by atoms with Crippen molar-refractivity contribution in [1.82, 2.24) is 23.8 Å². The molecule has 0 amide bonds. The summed E-state index contributed by atoms with van der Waals surface area (Å²) in [6.07, 6.45) is 4.55. The van der Waals surface area contributed by atoms with Gasteiger partial charge in [-0.3, -0.25) is 0 Å². The molecule has 0 saturated heterocycles. The minimum atomic E-state index is -3.43. The molecule has 0 fully saturated rings. The molecule has 0 saturated carbocycles. The Kier molecular flexibility index (Phi) is 7.24. The maximum Gasteiger partial charge on any atom is 0.229 e. The zero-order valence-electron chi connectivity index (χ0n) is 21.2. The van der Waals surface area contributed by atoms with E-state index in [1.165, 1.54) is 10.6 Å². The van der Waals surface area contributed by atoms with E-state index in [2.05, 4.69) is 15.6 Å². The second-order valence-corrected chi connectivity index (χ2v) is 11.3. The van der Waals surface area contributed by atoms with E-state index >= 15 is 0 Å². The first-order chi connectivity index (χ1) is 18.3. The third kappa shape index (κ3) is 5.31. The lowest BCUT2D eigenvalue weighted by molar-refractivity contribution is 0.370. The highest BCUT2D eigenvalue weighted by Crippen LogP contribution is 2.37. The number of nitrogens with one attached hydrogen (secondary N) is 2. The van der Waals surface area contributed by atoms with Crippen molar-refractivity contribution in [3.8, 4) is 11.4 Å². The van der Waals surface area contributed by atoms with Gasteiger partial charge < -0.3 is 19.9 Å². The average Bonchev–Trinajstić information content (AvgIpc) is 3.34. The van der Waals surface area contributed by atoms with Gasteiger partial charge in [-0.1, -0.05) is 41.9 Å². The molecular weight excluding hydrogens is 526 g/mol. The number of anilines is 3. The SMILES string of the molecule is CCNc1nc(Nc2ccc(-n3cnc(Cl)c3)c(OC)c2)nc2c1CN(S(C)(=O)=O)CC2c1ccccc1. The molecule has 38 heavy (non-hydrogen) atoms. The van der Waals surface area contributed by atoms with Crippen molar-refractivity contribution in [2.24, 2.45) is 0 Å². The van der Waals surface area contributed by atoms with E-state index < -0.39 is 10.0 Å². The first-order valence-electron chi connectivity index (χ1n) is 12.1. The topological polar surface area (TPSA) is 114 Å². The van der Waals surface area contributed by atoms with Gasteiger partial charge >= 0.3 is 0 Å². The molecule has 0 spiro atoms. The van der Waals surface area contributed by atoms with Crippen molar-refractivity contribution in [3.05, 3.63) is 83.0 Å². The van der Waals surface area contributed by atoms with Crippen LogP contribution >= 0.6 is 11.6 Å². The zero-order valence-corrected chi connectivity index (χ0v) is 22.8.